The second-order valence-electron chi connectivity index (χ2n) is 7.95. The molecule has 0 radical (unpaired) electrons. The quantitative estimate of drug-likeness (QED) is 0.284. The van der Waals surface area contributed by atoms with Crippen molar-refractivity contribution in [2.24, 2.45) is 0 Å². The van der Waals surface area contributed by atoms with E-state index in [4.69, 9.17) is 14.2 Å². The highest BCUT2D eigenvalue weighted by molar-refractivity contribution is 7.95. The fourth-order valence-corrected chi connectivity index (χ4v) is 6.88. The first-order valence-electron chi connectivity index (χ1n) is 10.3. The summed E-state index contributed by atoms with van der Waals surface area (Å²) in [6.45, 7) is -1.24. The summed E-state index contributed by atoms with van der Waals surface area (Å²) in [6.07, 6.45) is -0.758. The Morgan fingerprint density at radius 2 is 0.972 bits per heavy atom. The van der Waals surface area contributed by atoms with Crippen molar-refractivity contribution in [2.45, 2.75) is 24.2 Å². The van der Waals surface area contributed by atoms with Crippen LogP contribution in [0.25, 0.3) is 0 Å². The third kappa shape index (κ3) is 8.83. The smallest absolute Gasteiger partial charge is 0.408 e. The number of amides is 3. The lowest BCUT2D eigenvalue weighted by atomic mass is 10.3. The molecule has 0 saturated heterocycles. The van der Waals surface area contributed by atoms with Gasteiger partial charge in [0.25, 0.3) is 0 Å². The highest BCUT2D eigenvalue weighted by atomic mass is 32.2. The minimum Gasteiger partial charge on any atom is -0.445 e. The molecule has 36 heavy (non-hydrogen) atoms. The molecule has 3 N–H and O–H groups in total. The molecule has 15 nitrogen and oxygen atoms in total. The van der Waals surface area contributed by atoms with E-state index >= 15 is 0 Å². The molecule has 3 aliphatic heterocycles. The zero-order valence-corrected chi connectivity index (χ0v) is 20.9. The van der Waals surface area contributed by atoms with Crippen molar-refractivity contribution >= 4 is 47.8 Å². The highest BCUT2D eigenvalue weighted by Gasteiger charge is 2.28. The molecule has 0 aliphatic carbocycles. The largest absolute Gasteiger partial charge is 0.445 e. The zero-order valence-electron chi connectivity index (χ0n) is 18.4. The molecule has 0 saturated carbocycles. The van der Waals surface area contributed by atoms with Crippen LogP contribution in [0.15, 0.2) is 34.5 Å². The fraction of sp³-hybridized carbons (Fsp3) is 0.500. The van der Waals surface area contributed by atoms with E-state index in [-0.39, 0.29) is 17.3 Å². The van der Waals surface area contributed by atoms with Gasteiger partial charge in [0, 0.05) is 16.2 Å². The SMILES string of the molecule is O=C(NC1C=CS(=O)(=O)C1)OCC(COC(=O)NC1C=CS(=O)(=O)C1)OC(=O)NC1C=CS(=O)(=O)C1. The monoisotopic (exact) mass is 569 g/mol. The zero-order chi connectivity index (χ0) is 26.6. The van der Waals surface area contributed by atoms with Crippen LogP contribution >= 0.6 is 0 Å². The van der Waals surface area contributed by atoms with Crippen LogP contribution in [0.3, 0.4) is 0 Å². The molecule has 200 valence electrons. The molecule has 0 aromatic carbocycles. The van der Waals surface area contributed by atoms with Crippen molar-refractivity contribution in [3.8, 4) is 0 Å². The third-order valence-corrected chi connectivity index (χ3v) is 8.96. The lowest BCUT2D eigenvalue weighted by Gasteiger charge is -2.20. The van der Waals surface area contributed by atoms with Crippen LogP contribution in [0.5, 0.6) is 0 Å². The van der Waals surface area contributed by atoms with Gasteiger partial charge in [-0.25, -0.2) is 39.6 Å². The Labute approximate surface area is 206 Å². The Bertz CT molecular complexity index is 1230. The van der Waals surface area contributed by atoms with Gasteiger partial charge >= 0.3 is 18.3 Å². The maximum Gasteiger partial charge on any atom is 0.408 e. The molecule has 18 heteroatoms. The number of alkyl carbamates (subject to hydrolysis) is 3. The van der Waals surface area contributed by atoms with E-state index in [9.17, 15) is 39.6 Å². The molecule has 3 heterocycles. The topological polar surface area (TPSA) is 217 Å². The summed E-state index contributed by atoms with van der Waals surface area (Å²) >= 11 is 0. The van der Waals surface area contributed by atoms with E-state index in [1.54, 1.807) is 0 Å². The molecule has 0 fully saturated rings. The van der Waals surface area contributed by atoms with Crippen molar-refractivity contribution in [2.75, 3.05) is 30.5 Å². The summed E-state index contributed by atoms with van der Waals surface area (Å²) in [4.78, 5) is 36.2. The molecular formula is C18H23N3O12S3. The molecule has 0 bridgehead atoms. The van der Waals surface area contributed by atoms with Crippen LogP contribution in [0.1, 0.15) is 0 Å². The van der Waals surface area contributed by atoms with Crippen LogP contribution in [-0.4, -0.2) is 98.2 Å². The van der Waals surface area contributed by atoms with Gasteiger partial charge in [0.1, 0.15) is 13.2 Å². The summed E-state index contributed by atoms with van der Waals surface area (Å²) in [5.41, 5.74) is 0. The molecule has 3 amide bonds. The maximum atomic E-state index is 12.2. The molecule has 0 aromatic heterocycles. The van der Waals surface area contributed by atoms with Gasteiger partial charge in [-0.05, 0) is 18.2 Å². The number of hydrogen-bond donors (Lipinski definition) is 3. The Morgan fingerprint density at radius 1 is 0.639 bits per heavy atom. The fourth-order valence-electron chi connectivity index (χ4n) is 3.17. The molecule has 3 rings (SSSR count). The molecule has 0 spiro atoms. The summed E-state index contributed by atoms with van der Waals surface area (Å²) in [6, 6.07) is -2.50. The van der Waals surface area contributed by atoms with Gasteiger partial charge in [-0.3, -0.25) is 0 Å². The van der Waals surface area contributed by atoms with Crippen molar-refractivity contribution in [3.63, 3.8) is 0 Å². The first-order valence-corrected chi connectivity index (χ1v) is 15.4. The van der Waals surface area contributed by atoms with Gasteiger partial charge in [0.05, 0.1) is 35.4 Å². The first-order chi connectivity index (χ1) is 16.7. The van der Waals surface area contributed by atoms with Crippen LogP contribution in [-0.2, 0) is 43.7 Å². The normalized spacial score (nSPS) is 27.2. The van der Waals surface area contributed by atoms with E-state index in [1.807, 2.05) is 0 Å². The first kappa shape index (κ1) is 27.5. The number of hydrogen-bond acceptors (Lipinski definition) is 12. The number of carbonyl (C=O) groups is 3. The second-order valence-corrected chi connectivity index (χ2v) is 13.7. The van der Waals surface area contributed by atoms with E-state index < -0.39 is 85.2 Å². The second kappa shape index (κ2) is 10.9. The van der Waals surface area contributed by atoms with Gasteiger partial charge in [-0.1, -0.05) is 0 Å². The van der Waals surface area contributed by atoms with E-state index in [0.717, 1.165) is 16.2 Å². The molecule has 0 aromatic rings. The summed E-state index contributed by atoms with van der Waals surface area (Å²) in [5, 5.41) is 9.69. The average Bonchev–Trinajstić information content (AvgIpc) is 3.39. The van der Waals surface area contributed by atoms with Crippen molar-refractivity contribution in [1.82, 2.24) is 16.0 Å². The Hall–Kier alpha value is -3.12. The van der Waals surface area contributed by atoms with E-state index in [0.29, 0.717) is 0 Å². The summed E-state index contributed by atoms with van der Waals surface area (Å²) in [5.74, 6) is -1.08. The predicted molar refractivity (Wildman–Crippen MR) is 123 cm³/mol. The average molecular weight is 570 g/mol. The third-order valence-electron chi connectivity index (χ3n) is 4.77. The summed E-state index contributed by atoms with van der Waals surface area (Å²) < 4.78 is 83.6. The van der Waals surface area contributed by atoms with E-state index in [1.165, 1.54) is 18.2 Å². The number of nitrogens with one attached hydrogen (secondary N) is 3. The molecule has 3 atom stereocenters. The van der Waals surface area contributed by atoms with Gasteiger partial charge < -0.3 is 30.2 Å². The molecule has 3 aliphatic rings. The lowest BCUT2D eigenvalue weighted by Crippen LogP contribution is -2.43. The van der Waals surface area contributed by atoms with Crippen LogP contribution in [0.4, 0.5) is 14.4 Å². The highest BCUT2D eigenvalue weighted by Crippen LogP contribution is 2.11. The standard InChI is InChI=1S/C18H23N3O12S3/c22-16(19-12-1-4-34(25,26)9-12)31-7-15(33-18(24)21-14-3-6-36(29,30)11-14)8-32-17(23)20-13-2-5-35(27,28)10-13/h1-6,12-15H,7-11H2,(H,19,22)(H,20,23)(H,21,24). The van der Waals surface area contributed by atoms with Crippen LogP contribution < -0.4 is 16.0 Å². The Morgan fingerprint density at radius 3 is 1.28 bits per heavy atom. The maximum absolute atomic E-state index is 12.2. The van der Waals surface area contributed by atoms with Crippen LogP contribution in [0, 0.1) is 0 Å². The Balaban J connectivity index is 1.51. The van der Waals surface area contributed by atoms with Gasteiger partial charge in [0.2, 0.25) is 0 Å². The lowest BCUT2D eigenvalue weighted by molar-refractivity contribution is 0.00662. The van der Waals surface area contributed by atoms with Gasteiger partial charge in [0.15, 0.2) is 35.6 Å². The van der Waals surface area contributed by atoms with Gasteiger partial charge in [-0.2, -0.15) is 0 Å². The van der Waals surface area contributed by atoms with Crippen LogP contribution in [0.2, 0.25) is 0 Å². The molecule has 3 unspecified atom stereocenters. The number of ether oxygens (including phenoxy) is 3. The minimum absolute atomic E-state index is 0.350. The van der Waals surface area contributed by atoms with Crippen molar-refractivity contribution in [3.05, 3.63) is 34.5 Å². The predicted octanol–water partition coefficient (Wildman–Crippen LogP) is -1.53. The van der Waals surface area contributed by atoms with E-state index in [2.05, 4.69) is 16.0 Å². The number of carbonyl (C=O) groups excluding carboxylic acids is 3. The number of rotatable bonds is 8. The van der Waals surface area contributed by atoms with Gasteiger partial charge in [-0.15, -0.1) is 0 Å². The summed E-state index contributed by atoms with van der Waals surface area (Å²) in [7, 11) is -10.3. The molecular weight excluding hydrogens is 546 g/mol. The Kier molecular flexibility index (Phi) is 8.29. The van der Waals surface area contributed by atoms with Crippen molar-refractivity contribution in [1.29, 1.82) is 0 Å². The minimum atomic E-state index is -3.45. The van der Waals surface area contributed by atoms with Crippen molar-refractivity contribution < 1.29 is 53.8 Å². The number of sulfone groups is 3.